The molecule has 0 heterocycles. The van der Waals surface area contributed by atoms with Crippen LogP contribution < -0.4 is 4.72 Å². The van der Waals surface area contributed by atoms with Crippen molar-refractivity contribution in [3.05, 3.63) is 29.8 Å². The van der Waals surface area contributed by atoms with Gasteiger partial charge in [0.15, 0.2) is 9.84 Å². The molecule has 0 aliphatic rings. The van der Waals surface area contributed by atoms with Gasteiger partial charge in [-0.1, -0.05) is 12.1 Å². The Morgan fingerprint density at radius 3 is 2.11 bits per heavy atom. The van der Waals surface area contributed by atoms with Gasteiger partial charge in [0.1, 0.15) is 0 Å². The maximum absolute atomic E-state index is 11.3. The molecule has 1 rings (SSSR count). The van der Waals surface area contributed by atoms with Gasteiger partial charge in [-0.05, 0) is 17.7 Å². The standard InChI is InChI=1S/C10H15NO5S2/c1-17(13,14)10-4-2-9(3-5-10)8-11-18(15,16)7-6-12/h2-5,11-12H,6-8H2,1H3. The van der Waals surface area contributed by atoms with E-state index in [1.807, 2.05) is 0 Å². The van der Waals surface area contributed by atoms with Crippen LogP contribution in [0.5, 0.6) is 0 Å². The molecule has 0 amide bonds. The number of aliphatic hydroxyl groups is 1. The third-order valence-electron chi connectivity index (χ3n) is 2.21. The predicted octanol–water partition coefficient (Wildman–Crippen LogP) is -0.498. The SMILES string of the molecule is CS(=O)(=O)c1ccc(CNS(=O)(=O)CCO)cc1. The molecule has 0 saturated carbocycles. The van der Waals surface area contributed by atoms with E-state index in [2.05, 4.69) is 4.72 Å². The second-order valence-corrected chi connectivity index (χ2v) is 7.72. The Morgan fingerprint density at radius 1 is 1.11 bits per heavy atom. The zero-order chi connectivity index (χ0) is 13.8. The highest BCUT2D eigenvalue weighted by Gasteiger charge is 2.09. The van der Waals surface area contributed by atoms with Gasteiger partial charge in [-0.2, -0.15) is 0 Å². The van der Waals surface area contributed by atoms with E-state index < -0.39 is 26.5 Å². The maximum atomic E-state index is 11.3. The highest BCUT2D eigenvalue weighted by Crippen LogP contribution is 2.10. The molecule has 8 heteroatoms. The second kappa shape index (κ2) is 5.79. The molecule has 0 radical (unpaired) electrons. The molecule has 0 bridgehead atoms. The van der Waals surface area contributed by atoms with Crippen molar-refractivity contribution in [1.82, 2.24) is 4.72 Å². The monoisotopic (exact) mass is 293 g/mol. The van der Waals surface area contributed by atoms with E-state index in [9.17, 15) is 16.8 Å². The van der Waals surface area contributed by atoms with Crippen LogP contribution in [-0.4, -0.2) is 40.6 Å². The lowest BCUT2D eigenvalue weighted by molar-refractivity contribution is 0.319. The number of hydrogen-bond donors (Lipinski definition) is 2. The van der Waals surface area contributed by atoms with Gasteiger partial charge in [0.2, 0.25) is 10.0 Å². The van der Waals surface area contributed by atoms with E-state index in [4.69, 9.17) is 5.11 Å². The summed E-state index contributed by atoms with van der Waals surface area (Å²) in [5.74, 6) is -0.353. The number of benzene rings is 1. The molecular weight excluding hydrogens is 278 g/mol. The first kappa shape index (κ1) is 15.1. The first-order valence-corrected chi connectivity index (χ1v) is 8.66. The molecule has 0 spiro atoms. The summed E-state index contributed by atoms with van der Waals surface area (Å²) >= 11 is 0. The molecule has 102 valence electrons. The normalized spacial score (nSPS) is 12.6. The van der Waals surface area contributed by atoms with Gasteiger partial charge < -0.3 is 5.11 Å². The highest BCUT2D eigenvalue weighted by atomic mass is 32.2. The summed E-state index contributed by atoms with van der Waals surface area (Å²) in [7, 11) is -6.73. The molecular formula is C10H15NO5S2. The Bertz CT molecular complexity index is 590. The van der Waals surface area contributed by atoms with Crippen molar-refractivity contribution >= 4 is 19.9 Å². The summed E-state index contributed by atoms with van der Waals surface area (Å²) in [4.78, 5) is 0.185. The van der Waals surface area contributed by atoms with Crippen LogP contribution in [0.3, 0.4) is 0 Å². The number of rotatable bonds is 6. The number of sulfone groups is 1. The van der Waals surface area contributed by atoms with Gasteiger partial charge in [0.05, 0.1) is 17.3 Å². The molecule has 0 saturated heterocycles. The first-order chi connectivity index (χ1) is 8.24. The van der Waals surface area contributed by atoms with Crippen molar-refractivity contribution in [2.24, 2.45) is 0 Å². The van der Waals surface area contributed by atoms with Crippen molar-refractivity contribution in [2.75, 3.05) is 18.6 Å². The lowest BCUT2D eigenvalue weighted by Crippen LogP contribution is -2.27. The molecule has 0 unspecified atom stereocenters. The summed E-state index contributed by atoms with van der Waals surface area (Å²) in [5, 5.41) is 8.54. The summed E-state index contributed by atoms with van der Waals surface area (Å²) < 4.78 is 47.2. The van der Waals surface area contributed by atoms with Crippen molar-refractivity contribution in [3.63, 3.8) is 0 Å². The Hall–Kier alpha value is -0.960. The van der Waals surface area contributed by atoms with Crippen LogP contribution in [0, 0.1) is 0 Å². The molecule has 2 N–H and O–H groups in total. The minimum atomic E-state index is -3.49. The zero-order valence-electron chi connectivity index (χ0n) is 9.83. The fourth-order valence-electron chi connectivity index (χ4n) is 1.24. The van der Waals surface area contributed by atoms with Gasteiger partial charge in [-0.25, -0.2) is 21.6 Å². The highest BCUT2D eigenvalue weighted by molar-refractivity contribution is 7.90. The number of nitrogens with one attached hydrogen (secondary N) is 1. The quantitative estimate of drug-likeness (QED) is 0.736. The van der Waals surface area contributed by atoms with Gasteiger partial charge >= 0.3 is 0 Å². The molecule has 0 aromatic heterocycles. The van der Waals surface area contributed by atoms with Crippen LogP contribution in [0.2, 0.25) is 0 Å². The Morgan fingerprint density at radius 2 is 1.67 bits per heavy atom. The smallest absolute Gasteiger partial charge is 0.214 e. The molecule has 6 nitrogen and oxygen atoms in total. The van der Waals surface area contributed by atoms with Crippen molar-refractivity contribution in [1.29, 1.82) is 0 Å². The van der Waals surface area contributed by atoms with E-state index in [1.165, 1.54) is 24.3 Å². The van der Waals surface area contributed by atoms with Crippen LogP contribution in [-0.2, 0) is 26.4 Å². The lowest BCUT2D eigenvalue weighted by atomic mass is 10.2. The number of sulfonamides is 1. The molecule has 0 aliphatic carbocycles. The predicted molar refractivity (Wildman–Crippen MR) is 67.3 cm³/mol. The van der Waals surface area contributed by atoms with Crippen molar-refractivity contribution in [2.45, 2.75) is 11.4 Å². The van der Waals surface area contributed by atoms with E-state index >= 15 is 0 Å². The van der Waals surface area contributed by atoms with Gasteiger partial charge in [-0.15, -0.1) is 0 Å². The third-order valence-corrected chi connectivity index (χ3v) is 4.64. The van der Waals surface area contributed by atoms with E-state index in [-0.39, 0.29) is 17.2 Å². The molecule has 1 aromatic carbocycles. The molecule has 0 fully saturated rings. The van der Waals surface area contributed by atoms with Crippen LogP contribution >= 0.6 is 0 Å². The second-order valence-electron chi connectivity index (χ2n) is 3.78. The summed E-state index contributed by atoms with van der Waals surface area (Å²) in [5.41, 5.74) is 0.643. The Labute approximate surface area is 107 Å². The fourth-order valence-corrected chi connectivity index (χ4v) is 2.64. The lowest BCUT2D eigenvalue weighted by Gasteiger charge is -2.06. The van der Waals surface area contributed by atoms with Crippen LogP contribution in [0.25, 0.3) is 0 Å². The third kappa shape index (κ3) is 4.73. The van der Waals surface area contributed by atoms with Crippen LogP contribution in [0.15, 0.2) is 29.2 Å². The largest absolute Gasteiger partial charge is 0.395 e. The van der Waals surface area contributed by atoms with E-state index in [1.54, 1.807) is 0 Å². The first-order valence-electron chi connectivity index (χ1n) is 5.12. The van der Waals surface area contributed by atoms with Gasteiger partial charge in [0.25, 0.3) is 0 Å². The number of hydrogen-bond acceptors (Lipinski definition) is 5. The minimum Gasteiger partial charge on any atom is -0.395 e. The number of aliphatic hydroxyl groups excluding tert-OH is 1. The fraction of sp³-hybridized carbons (Fsp3) is 0.400. The topological polar surface area (TPSA) is 101 Å². The van der Waals surface area contributed by atoms with Crippen LogP contribution in [0.4, 0.5) is 0 Å². The van der Waals surface area contributed by atoms with E-state index in [0.717, 1.165) is 6.26 Å². The molecule has 0 aliphatic heterocycles. The van der Waals surface area contributed by atoms with Crippen molar-refractivity contribution in [3.8, 4) is 0 Å². The van der Waals surface area contributed by atoms with Crippen LogP contribution in [0.1, 0.15) is 5.56 Å². The average Bonchev–Trinajstić information content (AvgIpc) is 2.26. The zero-order valence-corrected chi connectivity index (χ0v) is 11.5. The summed E-state index contributed by atoms with van der Waals surface area (Å²) in [6, 6.07) is 5.92. The summed E-state index contributed by atoms with van der Waals surface area (Å²) in [6.07, 6.45) is 1.10. The van der Waals surface area contributed by atoms with E-state index in [0.29, 0.717) is 5.56 Å². The average molecular weight is 293 g/mol. The maximum Gasteiger partial charge on any atom is 0.214 e. The molecule has 1 aromatic rings. The van der Waals surface area contributed by atoms with Gasteiger partial charge in [0, 0.05) is 12.8 Å². The molecule has 18 heavy (non-hydrogen) atoms. The Kier molecular flexibility index (Phi) is 4.85. The van der Waals surface area contributed by atoms with Gasteiger partial charge in [-0.3, -0.25) is 0 Å². The minimum absolute atomic E-state index is 0.0619. The molecule has 0 atom stereocenters. The van der Waals surface area contributed by atoms with Crippen molar-refractivity contribution < 1.29 is 21.9 Å². The summed E-state index contributed by atoms with van der Waals surface area (Å²) in [6.45, 7) is -0.380. The Balaban J connectivity index is 2.71.